The van der Waals surface area contributed by atoms with Gasteiger partial charge in [0, 0.05) is 17.7 Å². The van der Waals surface area contributed by atoms with Gasteiger partial charge in [-0.15, -0.1) is 0 Å². The quantitative estimate of drug-likeness (QED) is 0.893. The van der Waals surface area contributed by atoms with Crippen LogP contribution in [0.5, 0.6) is 0 Å². The van der Waals surface area contributed by atoms with Crippen LogP contribution in [0.25, 0.3) is 0 Å². The van der Waals surface area contributed by atoms with Gasteiger partial charge in [0.25, 0.3) is 5.91 Å². The second-order valence-corrected chi connectivity index (χ2v) is 6.70. The molecule has 3 heteroatoms. The molecule has 2 aromatic rings. The third kappa shape index (κ3) is 3.99. The van der Waals surface area contributed by atoms with E-state index in [1.54, 1.807) is 0 Å². The molecule has 1 atom stereocenters. The van der Waals surface area contributed by atoms with Gasteiger partial charge < -0.3 is 10.2 Å². The zero-order chi connectivity index (χ0) is 16.2. The molecule has 120 valence electrons. The fourth-order valence-electron chi connectivity index (χ4n) is 3.18. The van der Waals surface area contributed by atoms with Crippen LogP contribution in [0.4, 0.5) is 5.69 Å². The molecule has 1 amide bonds. The zero-order valence-corrected chi connectivity index (χ0v) is 13.9. The molecule has 1 heterocycles. The van der Waals surface area contributed by atoms with Crippen LogP contribution < -0.4 is 10.2 Å². The number of hydrogen-bond acceptors (Lipinski definition) is 1. The van der Waals surface area contributed by atoms with Crippen LogP contribution in [0.3, 0.4) is 0 Å². The maximum Gasteiger partial charge on any atom is 0.279 e. The topological polar surface area (TPSA) is 33.5 Å². The number of nitrogens with one attached hydrogen (secondary N) is 2. The van der Waals surface area contributed by atoms with E-state index in [-0.39, 0.29) is 5.91 Å². The Labute approximate surface area is 138 Å². The third-order valence-electron chi connectivity index (χ3n) is 4.58. The number of carbonyl (C=O) groups is 1. The predicted octanol–water partition coefficient (Wildman–Crippen LogP) is 2.39. The number of carbonyl (C=O) groups excluding carboxylic acids is 1. The maximum atomic E-state index is 12.3. The Morgan fingerprint density at radius 2 is 1.78 bits per heavy atom. The molecule has 2 N–H and O–H groups in total. The van der Waals surface area contributed by atoms with E-state index in [1.165, 1.54) is 21.6 Å². The van der Waals surface area contributed by atoms with Gasteiger partial charge in [-0.25, -0.2) is 0 Å². The Morgan fingerprint density at radius 1 is 1.09 bits per heavy atom. The van der Waals surface area contributed by atoms with E-state index in [1.807, 2.05) is 12.1 Å². The molecule has 0 fully saturated rings. The fraction of sp³-hybridized carbons (Fsp3) is 0.350. The smallest absolute Gasteiger partial charge is 0.279 e. The molecular weight excluding hydrogens is 284 g/mol. The number of fused-ring (bicyclic) bond motifs is 1. The lowest BCUT2D eigenvalue weighted by Gasteiger charge is -2.25. The summed E-state index contributed by atoms with van der Waals surface area (Å²) in [6.07, 6.45) is 1.06. The summed E-state index contributed by atoms with van der Waals surface area (Å²) >= 11 is 0. The molecule has 0 aromatic heterocycles. The first-order valence-electron chi connectivity index (χ1n) is 8.42. The molecule has 1 aliphatic heterocycles. The number of rotatable bonds is 4. The normalized spacial score (nSPS) is 16.9. The first kappa shape index (κ1) is 15.8. The molecule has 0 aliphatic carbocycles. The molecule has 23 heavy (non-hydrogen) atoms. The third-order valence-corrected chi connectivity index (χ3v) is 4.58. The number of anilines is 1. The minimum Gasteiger partial charge on any atom is -0.323 e. The largest absolute Gasteiger partial charge is 0.323 e. The van der Waals surface area contributed by atoms with Gasteiger partial charge >= 0.3 is 0 Å². The SMILES string of the molecule is CC(C)c1ccc(NC(=O)C[NH+]2CCc3ccccc3C2)cc1. The lowest BCUT2D eigenvalue weighted by Crippen LogP contribution is -3.12. The van der Waals surface area contributed by atoms with Gasteiger partial charge in [-0.3, -0.25) is 4.79 Å². The van der Waals surface area contributed by atoms with Crippen molar-refractivity contribution < 1.29 is 9.69 Å². The van der Waals surface area contributed by atoms with E-state index in [2.05, 4.69) is 55.6 Å². The van der Waals surface area contributed by atoms with Crippen molar-refractivity contribution in [3.8, 4) is 0 Å². The van der Waals surface area contributed by atoms with Crippen LogP contribution in [-0.2, 0) is 17.8 Å². The Kier molecular flexibility index (Phi) is 4.77. The molecule has 0 radical (unpaired) electrons. The highest BCUT2D eigenvalue weighted by Gasteiger charge is 2.21. The summed E-state index contributed by atoms with van der Waals surface area (Å²) in [5, 5.41) is 3.02. The van der Waals surface area contributed by atoms with Crippen LogP contribution in [0.15, 0.2) is 48.5 Å². The Bertz CT molecular complexity index is 676. The lowest BCUT2D eigenvalue weighted by molar-refractivity contribution is -0.907. The summed E-state index contributed by atoms with van der Waals surface area (Å²) in [5.41, 5.74) is 4.99. The average molecular weight is 309 g/mol. The molecule has 1 aliphatic rings. The molecule has 3 rings (SSSR count). The highest BCUT2D eigenvalue weighted by atomic mass is 16.2. The molecule has 2 aromatic carbocycles. The zero-order valence-electron chi connectivity index (χ0n) is 13.9. The minimum absolute atomic E-state index is 0.0941. The van der Waals surface area contributed by atoms with Gasteiger partial charge in [0.2, 0.25) is 0 Å². The average Bonchev–Trinajstić information content (AvgIpc) is 2.55. The highest BCUT2D eigenvalue weighted by Crippen LogP contribution is 2.17. The number of amides is 1. The molecule has 0 saturated carbocycles. The van der Waals surface area contributed by atoms with Crippen LogP contribution >= 0.6 is 0 Å². The van der Waals surface area contributed by atoms with E-state index in [4.69, 9.17) is 0 Å². The van der Waals surface area contributed by atoms with Crippen molar-refractivity contribution in [1.82, 2.24) is 0 Å². The second-order valence-electron chi connectivity index (χ2n) is 6.70. The summed E-state index contributed by atoms with van der Waals surface area (Å²) < 4.78 is 0. The van der Waals surface area contributed by atoms with Crippen LogP contribution in [0.1, 0.15) is 36.5 Å². The van der Waals surface area contributed by atoms with E-state index < -0.39 is 0 Å². The lowest BCUT2D eigenvalue weighted by atomic mass is 10.00. The molecule has 3 nitrogen and oxygen atoms in total. The van der Waals surface area contributed by atoms with Crippen molar-refractivity contribution >= 4 is 11.6 Å². The van der Waals surface area contributed by atoms with Crippen molar-refractivity contribution in [2.75, 3.05) is 18.4 Å². The first-order valence-corrected chi connectivity index (χ1v) is 8.42. The number of benzene rings is 2. The predicted molar refractivity (Wildman–Crippen MR) is 93.7 cm³/mol. The van der Waals surface area contributed by atoms with Crippen LogP contribution in [-0.4, -0.2) is 19.0 Å². The number of quaternary nitrogens is 1. The standard InChI is InChI=1S/C20H24N2O/c1-15(2)16-7-9-19(10-8-16)21-20(23)14-22-12-11-17-5-3-4-6-18(17)13-22/h3-10,15H,11-14H2,1-2H3,(H,21,23)/p+1. The molecule has 0 spiro atoms. The van der Waals surface area contributed by atoms with E-state index in [0.29, 0.717) is 12.5 Å². The summed E-state index contributed by atoms with van der Waals surface area (Å²) in [4.78, 5) is 13.6. The molecular formula is C20H25N2O+. The molecule has 0 bridgehead atoms. The van der Waals surface area contributed by atoms with Gasteiger partial charge in [0.1, 0.15) is 6.54 Å². The van der Waals surface area contributed by atoms with Crippen molar-refractivity contribution in [1.29, 1.82) is 0 Å². The first-order chi connectivity index (χ1) is 11.1. The van der Waals surface area contributed by atoms with Gasteiger partial charge in [-0.1, -0.05) is 50.2 Å². The number of hydrogen-bond donors (Lipinski definition) is 2. The van der Waals surface area contributed by atoms with Gasteiger partial charge in [-0.05, 0) is 29.2 Å². The summed E-state index contributed by atoms with van der Waals surface area (Å²) in [7, 11) is 0. The minimum atomic E-state index is 0.0941. The van der Waals surface area contributed by atoms with E-state index in [9.17, 15) is 4.79 Å². The maximum absolute atomic E-state index is 12.3. The van der Waals surface area contributed by atoms with Gasteiger partial charge in [0.05, 0.1) is 6.54 Å². The van der Waals surface area contributed by atoms with Crippen molar-refractivity contribution in [3.63, 3.8) is 0 Å². The van der Waals surface area contributed by atoms with E-state index in [0.717, 1.165) is 25.2 Å². The molecule has 1 unspecified atom stereocenters. The van der Waals surface area contributed by atoms with E-state index >= 15 is 0 Å². The van der Waals surface area contributed by atoms with Crippen LogP contribution in [0, 0.1) is 0 Å². The monoisotopic (exact) mass is 309 g/mol. The van der Waals surface area contributed by atoms with Crippen LogP contribution in [0.2, 0.25) is 0 Å². The summed E-state index contributed by atoms with van der Waals surface area (Å²) in [6, 6.07) is 16.7. The highest BCUT2D eigenvalue weighted by molar-refractivity contribution is 5.91. The Morgan fingerprint density at radius 3 is 2.48 bits per heavy atom. The van der Waals surface area contributed by atoms with Crippen molar-refractivity contribution in [3.05, 3.63) is 65.2 Å². The fourth-order valence-corrected chi connectivity index (χ4v) is 3.18. The molecule has 0 saturated heterocycles. The summed E-state index contributed by atoms with van der Waals surface area (Å²) in [6.45, 7) is 6.84. The van der Waals surface area contributed by atoms with Gasteiger partial charge in [0.15, 0.2) is 6.54 Å². The van der Waals surface area contributed by atoms with Gasteiger partial charge in [-0.2, -0.15) is 0 Å². The Hall–Kier alpha value is -2.13. The summed E-state index contributed by atoms with van der Waals surface area (Å²) in [5.74, 6) is 0.606. The Balaban J connectivity index is 1.56. The van der Waals surface area contributed by atoms with Crippen molar-refractivity contribution in [2.45, 2.75) is 32.7 Å². The second kappa shape index (κ2) is 6.97. The van der Waals surface area contributed by atoms with Crippen molar-refractivity contribution in [2.24, 2.45) is 0 Å².